The lowest BCUT2D eigenvalue weighted by Crippen LogP contribution is -2.22. The summed E-state index contributed by atoms with van der Waals surface area (Å²) in [5.41, 5.74) is 8.88. The molecule has 5 nitrogen and oxygen atoms in total. The van der Waals surface area contributed by atoms with Gasteiger partial charge >= 0.3 is 0 Å². The highest BCUT2D eigenvalue weighted by Crippen LogP contribution is 2.25. The Morgan fingerprint density at radius 3 is 2.81 bits per heavy atom. The Kier molecular flexibility index (Phi) is 3.63. The molecular weight excluding hydrogens is 262 g/mol. The van der Waals surface area contributed by atoms with Crippen molar-refractivity contribution in [2.75, 3.05) is 6.54 Å². The molecule has 0 aliphatic carbocycles. The molecule has 2 N–H and O–H groups in total. The summed E-state index contributed by atoms with van der Waals surface area (Å²) < 4.78 is 2.05. The van der Waals surface area contributed by atoms with E-state index in [2.05, 4.69) is 20.6 Å². The number of aromatic nitrogens is 3. The van der Waals surface area contributed by atoms with Gasteiger partial charge in [0, 0.05) is 18.9 Å². The van der Waals surface area contributed by atoms with Gasteiger partial charge in [0.2, 0.25) is 0 Å². The smallest absolute Gasteiger partial charge is 0.124 e. The van der Waals surface area contributed by atoms with Crippen molar-refractivity contribution in [1.82, 2.24) is 14.5 Å². The van der Waals surface area contributed by atoms with Gasteiger partial charge in [0.1, 0.15) is 5.82 Å². The molecule has 1 unspecified atom stereocenters. The number of benzene rings is 1. The van der Waals surface area contributed by atoms with Crippen molar-refractivity contribution in [3.05, 3.63) is 60.2 Å². The second-order valence-corrected chi connectivity index (χ2v) is 4.76. The van der Waals surface area contributed by atoms with E-state index in [1.165, 1.54) is 0 Å². The quantitative estimate of drug-likeness (QED) is 0.791. The molecule has 3 aromatic rings. The zero-order chi connectivity index (χ0) is 14.7. The largest absolute Gasteiger partial charge is 0.328 e. The third kappa shape index (κ3) is 2.37. The van der Waals surface area contributed by atoms with Crippen LogP contribution in [0.1, 0.15) is 17.4 Å². The second-order valence-electron chi connectivity index (χ2n) is 4.76. The van der Waals surface area contributed by atoms with Gasteiger partial charge in [0.15, 0.2) is 0 Å². The average molecular weight is 277 g/mol. The molecule has 0 fully saturated rings. The molecule has 2 heterocycles. The number of rotatable bonds is 4. The summed E-state index contributed by atoms with van der Waals surface area (Å²) >= 11 is 0. The minimum atomic E-state index is -0.0746. The summed E-state index contributed by atoms with van der Waals surface area (Å²) in [5.74, 6) is 0.734. The third-order valence-electron chi connectivity index (χ3n) is 3.51. The minimum absolute atomic E-state index is 0.0746. The molecule has 0 aliphatic heterocycles. The fourth-order valence-corrected chi connectivity index (χ4v) is 2.60. The molecular formula is C16H15N5. The van der Waals surface area contributed by atoms with E-state index >= 15 is 0 Å². The Morgan fingerprint density at radius 1 is 1.24 bits per heavy atom. The molecule has 0 aliphatic rings. The summed E-state index contributed by atoms with van der Waals surface area (Å²) in [6.45, 7) is 0.421. The molecule has 1 atom stereocenters. The standard InChI is InChI=1S/C16H15N5/c17-8-7-16-20-13-5-1-2-6-14(13)21(16)15(10-18)12-4-3-9-19-11-12/h1-6,9,11,15H,7,10,18H2. The number of imidazole rings is 1. The van der Waals surface area contributed by atoms with Crippen molar-refractivity contribution in [3.8, 4) is 6.07 Å². The van der Waals surface area contributed by atoms with Gasteiger partial charge in [-0.25, -0.2) is 4.98 Å². The monoisotopic (exact) mass is 277 g/mol. The van der Waals surface area contributed by atoms with E-state index in [0.717, 1.165) is 22.4 Å². The van der Waals surface area contributed by atoms with Crippen LogP contribution in [-0.2, 0) is 6.42 Å². The van der Waals surface area contributed by atoms with Gasteiger partial charge in [-0.2, -0.15) is 5.26 Å². The van der Waals surface area contributed by atoms with Crippen LogP contribution in [0.25, 0.3) is 11.0 Å². The first-order valence-electron chi connectivity index (χ1n) is 6.78. The van der Waals surface area contributed by atoms with Gasteiger partial charge in [-0.1, -0.05) is 18.2 Å². The van der Waals surface area contributed by atoms with Crippen molar-refractivity contribution in [1.29, 1.82) is 5.26 Å². The molecule has 0 spiro atoms. The normalized spacial score (nSPS) is 12.2. The number of fused-ring (bicyclic) bond motifs is 1. The third-order valence-corrected chi connectivity index (χ3v) is 3.51. The fourth-order valence-electron chi connectivity index (χ4n) is 2.60. The molecule has 1 aromatic carbocycles. The van der Waals surface area contributed by atoms with Crippen LogP contribution in [0.2, 0.25) is 0 Å². The predicted molar refractivity (Wildman–Crippen MR) is 80.5 cm³/mol. The first-order valence-corrected chi connectivity index (χ1v) is 6.78. The van der Waals surface area contributed by atoms with Crippen LogP contribution in [0, 0.1) is 11.3 Å². The zero-order valence-electron chi connectivity index (χ0n) is 11.5. The van der Waals surface area contributed by atoms with E-state index < -0.39 is 0 Å². The van der Waals surface area contributed by atoms with Gasteiger partial charge in [0.25, 0.3) is 0 Å². The Hall–Kier alpha value is -2.71. The topological polar surface area (TPSA) is 80.5 Å². The highest BCUT2D eigenvalue weighted by molar-refractivity contribution is 5.76. The van der Waals surface area contributed by atoms with Gasteiger partial charge in [-0.3, -0.25) is 4.98 Å². The lowest BCUT2D eigenvalue weighted by atomic mass is 10.1. The summed E-state index contributed by atoms with van der Waals surface area (Å²) in [6, 6.07) is 13.8. The van der Waals surface area contributed by atoms with E-state index in [9.17, 15) is 0 Å². The molecule has 0 radical (unpaired) electrons. The summed E-state index contributed by atoms with van der Waals surface area (Å²) in [4.78, 5) is 8.73. The Balaban J connectivity index is 2.21. The summed E-state index contributed by atoms with van der Waals surface area (Å²) in [7, 11) is 0. The van der Waals surface area contributed by atoms with Gasteiger partial charge < -0.3 is 10.3 Å². The maximum Gasteiger partial charge on any atom is 0.124 e. The average Bonchev–Trinajstić information content (AvgIpc) is 2.88. The molecule has 21 heavy (non-hydrogen) atoms. The van der Waals surface area contributed by atoms with Gasteiger partial charge in [-0.15, -0.1) is 0 Å². The van der Waals surface area contributed by atoms with Gasteiger partial charge in [0.05, 0.1) is 29.6 Å². The van der Waals surface area contributed by atoms with E-state index in [4.69, 9.17) is 11.0 Å². The fraction of sp³-hybridized carbons (Fsp3) is 0.188. The summed E-state index contributed by atoms with van der Waals surface area (Å²) in [5, 5.41) is 9.05. The minimum Gasteiger partial charge on any atom is -0.328 e. The second kappa shape index (κ2) is 5.73. The first-order chi connectivity index (χ1) is 10.3. The summed E-state index contributed by atoms with van der Waals surface area (Å²) in [6.07, 6.45) is 3.80. The van der Waals surface area contributed by atoms with Gasteiger partial charge in [-0.05, 0) is 23.8 Å². The van der Waals surface area contributed by atoms with Crippen LogP contribution in [0.5, 0.6) is 0 Å². The maximum atomic E-state index is 9.05. The maximum absolute atomic E-state index is 9.05. The lowest BCUT2D eigenvalue weighted by Gasteiger charge is -2.19. The lowest BCUT2D eigenvalue weighted by molar-refractivity contribution is 0.587. The Labute approximate surface area is 122 Å². The van der Waals surface area contributed by atoms with Crippen molar-refractivity contribution in [2.24, 2.45) is 5.73 Å². The SMILES string of the molecule is N#CCc1nc2ccccc2n1C(CN)c1cccnc1. The molecule has 2 aromatic heterocycles. The number of hydrogen-bond acceptors (Lipinski definition) is 4. The first kappa shape index (κ1) is 13.3. The van der Waals surface area contributed by atoms with E-state index in [1.54, 1.807) is 6.20 Å². The highest BCUT2D eigenvalue weighted by atomic mass is 15.1. The molecule has 0 amide bonds. The van der Waals surface area contributed by atoms with Crippen LogP contribution in [0.15, 0.2) is 48.8 Å². The number of nitriles is 1. The van der Waals surface area contributed by atoms with Crippen molar-refractivity contribution >= 4 is 11.0 Å². The van der Waals surface area contributed by atoms with Crippen molar-refractivity contribution in [2.45, 2.75) is 12.5 Å². The van der Waals surface area contributed by atoms with Crippen LogP contribution in [0.3, 0.4) is 0 Å². The van der Waals surface area contributed by atoms with Crippen molar-refractivity contribution < 1.29 is 0 Å². The van der Waals surface area contributed by atoms with E-state index in [1.807, 2.05) is 42.6 Å². The van der Waals surface area contributed by atoms with Crippen LogP contribution in [0.4, 0.5) is 0 Å². The number of nitrogens with zero attached hydrogens (tertiary/aromatic N) is 4. The Bertz CT molecular complexity index is 785. The Morgan fingerprint density at radius 2 is 2.10 bits per heavy atom. The zero-order valence-corrected chi connectivity index (χ0v) is 11.5. The molecule has 0 saturated heterocycles. The number of para-hydroxylation sites is 2. The number of hydrogen-bond donors (Lipinski definition) is 1. The van der Waals surface area contributed by atoms with Crippen molar-refractivity contribution in [3.63, 3.8) is 0 Å². The van der Waals surface area contributed by atoms with Crippen LogP contribution in [-0.4, -0.2) is 21.1 Å². The highest BCUT2D eigenvalue weighted by Gasteiger charge is 2.19. The van der Waals surface area contributed by atoms with Crippen LogP contribution < -0.4 is 5.73 Å². The van der Waals surface area contributed by atoms with E-state index in [0.29, 0.717) is 6.54 Å². The number of pyridine rings is 1. The molecule has 104 valence electrons. The number of nitrogens with two attached hydrogens (primary N) is 1. The molecule has 3 rings (SSSR count). The van der Waals surface area contributed by atoms with Crippen LogP contribution >= 0.6 is 0 Å². The molecule has 0 saturated carbocycles. The molecule has 5 heteroatoms. The molecule has 0 bridgehead atoms. The predicted octanol–water partition coefficient (Wildman–Crippen LogP) is 2.05. The van der Waals surface area contributed by atoms with E-state index in [-0.39, 0.29) is 12.5 Å².